The first kappa shape index (κ1) is 14.3. The second kappa shape index (κ2) is 6.02. The van der Waals surface area contributed by atoms with Crippen LogP contribution in [0.25, 0.3) is 0 Å². The molecule has 0 aromatic carbocycles. The zero-order valence-electron chi connectivity index (χ0n) is 12.5. The van der Waals surface area contributed by atoms with Gasteiger partial charge in [-0.2, -0.15) is 5.10 Å². The summed E-state index contributed by atoms with van der Waals surface area (Å²) in [4.78, 5) is 10.5. The van der Waals surface area contributed by atoms with E-state index >= 15 is 0 Å². The first-order valence-electron chi connectivity index (χ1n) is 7.35. The maximum Gasteiger partial charge on any atom is 0.150 e. The molecule has 2 aromatic rings. The molecule has 0 N–H and O–H groups in total. The van der Waals surface area contributed by atoms with Crippen molar-refractivity contribution >= 4 is 17.4 Å². The van der Waals surface area contributed by atoms with E-state index in [1.54, 1.807) is 12.5 Å². The molecule has 0 saturated carbocycles. The van der Waals surface area contributed by atoms with Gasteiger partial charge in [0.15, 0.2) is 5.82 Å². The molecule has 5 nitrogen and oxygen atoms in total. The lowest BCUT2D eigenvalue weighted by Gasteiger charge is -2.33. The molecule has 0 aliphatic carbocycles. The largest absolute Gasteiger partial charge is 0.355 e. The summed E-state index contributed by atoms with van der Waals surface area (Å²) in [6, 6.07) is 2.13. The molecule has 1 aliphatic heterocycles. The summed E-state index contributed by atoms with van der Waals surface area (Å²) in [5, 5.41) is 5.19. The van der Waals surface area contributed by atoms with E-state index in [9.17, 15) is 0 Å². The zero-order chi connectivity index (χ0) is 14.8. The van der Waals surface area contributed by atoms with Gasteiger partial charge in [0.05, 0.1) is 11.9 Å². The second-order valence-corrected chi connectivity index (χ2v) is 6.14. The minimum atomic E-state index is 0.634. The molecule has 6 heteroatoms. The van der Waals surface area contributed by atoms with Crippen molar-refractivity contribution in [3.05, 3.63) is 35.0 Å². The Morgan fingerprint density at radius 1 is 1.29 bits per heavy atom. The van der Waals surface area contributed by atoms with Crippen molar-refractivity contribution < 1.29 is 0 Å². The summed E-state index contributed by atoms with van der Waals surface area (Å²) >= 11 is 6.17. The van der Waals surface area contributed by atoms with E-state index in [0.29, 0.717) is 10.9 Å². The Morgan fingerprint density at radius 2 is 2.05 bits per heavy atom. The predicted molar refractivity (Wildman–Crippen MR) is 83.7 cm³/mol. The van der Waals surface area contributed by atoms with Gasteiger partial charge in [-0.15, -0.1) is 0 Å². The molecule has 3 heterocycles. The summed E-state index contributed by atoms with van der Waals surface area (Å²) < 4.78 is 2.13. The molecule has 0 bridgehead atoms. The average Bonchev–Trinajstić information content (AvgIpc) is 2.78. The maximum absolute atomic E-state index is 6.17. The molecule has 112 valence electrons. The summed E-state index contributed by atoms with van der Waals surface area (Å²) in [6.45, 7) is 7.14. The van der Waals surface area contributed by atoms with Gasteiger partial charge in [0.1, 0.15) is 11.3 Å². The Morgan fingerprint density at radius 3 is 2.67 bits per heavy atom. The maximum atomic E-state index is 6.17. The molecular weight excluding hydrogens is 286 g/mol. The number of aryl methyl sites for hydroxylation is 2. The number of aromatic nitrogens is 4. The fraction of sp³-hybridized carbons (Fsp3) is 0.533. The van der Waals surface area contributed by atoms with Gasteiger partial charge in [0.25, 0.3) is 0 Å². The summed E-state index contributed by atoms with van der Waals surface area (Å²) in [7, 11) is 0. The molecule has 0 unspecified atom stereocenters. The van der Waals surface area contributed by atoms with Crippen molar-refractivity contribution in [3.8, 4) is 0 Å². The van der Waals surface area contributed by atoms with Crippen LogP contribution in [-0.4, -0.2) is 32.8 Å². The van der Waals surface area contributed by atoms with Crippen LogP contribution in [0, 0.1) is 19.8 Å². The highest BCUT2D eigenvalue weighted by atomic mass is 35.5. The molecule has 1 saturated heterocycles. The van der Waals surface area contributed by atoms with Crippen LogP contribution in [0.4, 0.5) is 5.82 Å². The highest BCUT2D eigenvalue weighted by Gasteiger charge is 2.22. The van der Waals surface area contributed by atoms with E-state index < -0.39 is 0 Å². The third-order valence-corrected chi connectivity index (χ3v) is 4.36. The van der Waals surface area contributed by atoms with Gasteiger partial charge in [-0.25, -0.2) is 9.97 Å². The minimum Gasteiger partial charge on any atom is -0.355 e. The second-order valence-electron chi connectivity index (χ2n) is 5.73. The summed E-state index contributed by atoms with van der Waals surface area (Å²) in [5.74, 6) is 1.52. The lowest BCUT2D eigenvalue weighted by atomic mass is 9.97. The lowest BCUT2D eigenvalue weighted by molar-refractivity contribution is 0.338. The van der Waals surface area contributed by atoms with Crippen LogP contribution >= 0.6 is 11.6 Å². The Kier molecular flexibility index (Phi) is 4.10. The number of rotatable bonds is 3. The number of piperidine rings is 1. The monoisotopic (exact) mass is 305 g/mol. The van der Waals surface area contributed by atoms with E-state index in [2.05, 4.69) is 37.6 Å². The Bertz CT molecular complexity index is 616. The van der Waals surface area contributed by atoms with E-state index in [1.165, 1.54) is 5.69 Å². The highest BCUT2D eigenvalue weighted by molar-refractivity contribution is 6.32. The van der Waals surface area contributed by atoms with Gasteiger partial charge in [-0.3, -0.25) is 4.68 Å². The van der Waals surface area contributed by atoms with Crippen molar-refractivity contribution in [2.45, 2.75) is 33.2 Å². The Labute approximate surface area is 130 Å². The molecule has 0 amide bonds. The molecule has 1 aliphatic rings. The van der Waals surface area contributed by atoms with Crippen molar-refractivity contribution in [3.63, 3.8) is 0 Å². The molecule has 0 radical (unpaired) electrons. The fourth-order valence-corrected chi connectivity index (χ4v) is 3.20. The van der Waals surface area contributed by atoms with Crippen molar-refractivity contribution in [1.29, 1.82) is 0 Å². The number of halogens is 1. The Balaban J connectivity index is 1.60. The van der Waals surface area contributed by atoms with Gasteiger partial charge in [0, 0.05) is 25.3 Å². The van der Waals surface area contributed by atoms with Crippen LogP contribution in [0.2, 0.25) is 5.02 Å². The molecular formula is C15H20ClN5. The normalized spacial score (nSPS) is 16.4. The Hall–Kier alpha value is -1.62. The van der Waals surface area contributed by atoms with Crippen molar-refractivity contribution in [1.82, 2.24) is 19.7 Å². The molecule has 0 spiro atoms. The number of hydrogen-bond donors (Lipinski definition) is 0. The first-order valence-corrected chi connectivity index (χ1v) is 7.73. The van der Waals surface area contributed by atoms with Crippen LogP contribution in [0.1, 0.15) is 24.2 Å². The van der Waals surface area contributed by atoms with Gasteiger partial charge in [0.2, 0.25) is 0 Å². The van der Waals surface area contributed by atoms with Crippen molar-refractivity contribution in [2.24, 2.45) is 5.92 Å². The van der Waals surface area contributed by atoms with Crippen molar-refractivity contribution in [2.75, 3.05) is 18.0 Å². The molecule has 1 fully saturated rings. The summed E-state index contributed by atoms with van der Waals surface area (Å²) in [5.41, 5.74) is 2.34. The third kappa shape index (κ3) is 3.18. The van der Waals surface area contributed by atoms with Gasteiger partial charge < -0.3 is 4.90 Å². The van der Waals surface area contributed by atoms with Crippen LogP contribution in [0.5, 0.6) is 0 Å². The quantitative estimate of drug-likeness (QED) is 0.875. The van der Waals surface area contributed by atoms with Gasteiger partial charge in [-0.1, -0.05) is 11.6 Å². The number of anilines is 1. The SMILES string of the molecule is Cc1cc(C)n(CC2CCN(c3ncncc3Cl)CC2)n1. The molecule has 2 aromatic heterocycles. The molecule has 21 heavy (non-hydrogen) atoms. The molecule has 0 atom stereocenters. The van der Waals surface area contributed by atoms with Crippen LogP contribution in [0.15, 0.2) is 18.6 Å². The van der Waals surface area contributed by atoms with Crippen LogP contribution in [0.3, 0.4) is 0 Å². The summed E-state index contributed by atoms with van der Waals surface area (Å²) in [6.07, 6.45) is 5.49. The average molecular weight is 306 g/mol. The fourth-order valence-electron chi connectivity index (χ4n) is 2.97. The minimum absolute atomic E-state index is 0.634. The van der Waals surface area contributed by atoms with Crippen LogP contribution < -0.4 is 4.90 Å². The van der Waals surface area contributed by atoms with E-state index in [1.807, 2.05) is 6.92 Å². The standard InChI is InChI=1S/C15H20ClN5/c1-11-7-12(2)21(19-11)9-13-3-5-20(6-4-13)15-14(16)8-17-10-18-15/h7-8,10,13H,3-6,9H2,1-2H3. The topological polar surface area (TPSA) is 46.8 Å². The van der Waals surface area contributed by atoms with Gasteiger partial charge in [-0.05, 0) is 38.7 Å². The first-order chi connectivity index (χ1) is 10.1. The lowest BCUT2D eigenvalue weighted by Crippen LogP contribution is -2.36. The third-order valence-electron chi connectivity index (χ3n) is 4.10. The zero-order valence-corrected chi connectivity index (χ0v) is 13.2. The van der Waals surface area contributed by atoms with E-state index in [4.69, 9.17) is 11.6 Å². The van der Waals surface area contributed by atoms with E-state index in [0.717, 1.165) is 44.0 Å². The predicted octanol–water partition coefficient (Wildman–Crippen LogP) is 2.86. The number of nitrogens with zero attached hydrogens (tertiary/aromatic N) is 5. The highest BCUT2D eigenvalue weighted by Crippen LogP contribution is 2.27. The van der Waals surface area contributed by atoms with Gasteiger partial charge >= 0.3 is 0 Å². The smallest absolute Gasteiger partial charge is 0.150 e. The number of hydrogen-bond acceptors (Lipinski definition) is 4. The van der Waals surface area contributed by atoms with Crippen LogP contribution in [-0.2, 0) is 6.54 Å². The van der Waals surface area contributed by atoms with E-state index in [-0.39, 0.29) is 0 Å². The molecule has 3 rings (SSSR count).